The normalized spacial score (nSPS) is 11.8. The third-order valence-corrected chi connectivity index (χ3v) is 5.51. The van der Waals surface area contributed by atoms with Crippen LogP contribution in [0, 0.1) is 0 Å². The Bertz CT molecular complexity index is 866. The fourth-order valence-corrected chi connectivity index (χ4v) is 3.59. The lowest BCUT2D eigenvalue weighted by molar-refractivity contribution is -0.142. The van der Waals surface area contributed by atoms with E-state index >= 15 is 0 Å². The summed E-state index contributed by atoms with van der Waals surface area (Å²) in [6, 6.07) is 12.0. The van der Waals surface area contributed by atoms with E-state index in [2.05, 4.69) is 19.2 Å². The van der Waals surface area contributed by atoms with Gasteiger partial charge in [-0.05, 0) is 43.5 Å². The first kappa shape index (κ1) is 24.0. The number of hydrogen-bond acceptors (Lipinski definition) is 3. The summed E-state index contributed by atoms with van der Waals surface area (Å²) in [6.45, 7) is 8.00. The molecule has 2 rings (SSSR count). The molecule has 1 N–H and O–H groups in total. The molecule has 0 bridgehead atoms. The summed E-state index contributed by atoms with van der Waals surface area (Å²) in [5, 5.41) is 3.63. The van der Waals surface area contributed by atoms with Crippen LogP contribution in [0.15, 0.2) is 42.5 Å². The molecule has 0 saturated heterocycles. The van der Waals surface area contributed by atoms with Gasteiger partial charge in [0.2, 0.25) is 5.91 Å². The van der Waals surface area contributed by atoms with E-state index in [9.17, 15) is 9.59 Å². The number of ether oxygens (including phenoxy) is 1. The van der Waals surface area contributed by atoms with Gasteiger partial charge in [-0.1, -0.05) is 61.3 Å². The SMILES string of the molecule is CCNC(=O)[C@H](C)N(Cc1c(Cl)cccc1Cl)C(=O)COc1ccccc1C(C)C. The largest absolute Gasteiger partial charge is 0.483 e. The van der Waals surface area contributed by atoms with Crippen molar-refractivity contribution >= 4 is 35.0 Å². The Morgan fingerprint density at radius 2 is 1.67 bits per heavy atom. The van der Waals surface area contributed by atoms with E-state index < -0.39 is 6.04 Å². The van der Waals surface area contributed by atoms with Crippen molar-refractivity contribution in [2.75, 3.05) is 13.2 Å². The molecular formula is C23H28Cl2N2O3. The maximum absolute atomic E-state index is 13.1. The first-order valence-corrected chi connectivity index (χ1v) is 10.7. The highest BCUT2D eigenvalue weighted by Gasteiger charge is 2.27. The number of nitrogens with one attached hydrogen (secondary N) is 1. The van der Waals surface area contributed by atoms with Gasteiger partial charge in [0.05, 0.1) is 0 Å². The van der Waals surface area contributed by atoms with E-state index in [0.29, 0.717) is 27.9 Å². The number of likely N-dealkylation sites (N-methyl/N-ethyl adjacent to an activating group) is 1. The first-order chi connectivity index (χ1) is 14.3. The van der Waals surface area contributed by atoms with Crippen molar-refractivity contribution in [2.45, 2.75) is 46.2 Å². The highest BCUT2D eigenvalue weighted by molar-refractivity contribution is 6.36. The van der Waals surface area contributed by atoms with Crippen molar-refractivity contribution in [1.29, 1.82) is 0 Å². The second-order valence-corrected chi connectivity index (χ2v) is 8.09. The Kier molecular flexibility index (Phi) is 9.00. The number of amides is 2. The fourth-order valence-electron chi connectivity index (χ4n) is 3.07. The summed E-state index contributed by atoms with van der Waals surface area (Å²) < 4.78 is 5.84. The van der Waals surface area contributed by atoms with E-state index in [1.807, 2.05) is 31.2 Å². The molecule has 7 heteroatoms. The lowest BCUT2D eigenvalue weighted by Gasteiger charge is -2.29. The van der Waals surface area contributed by atoms with E-state index in [1.54, 1.807) is 25.1 Å². The van der Waals surface area contributed by atoms with Crippen molar-refractivity contribution in [3.63, 3.8) is 0 Å². The van der Waals surface area contributed by atoms with Crippen LogP contribution in [0.2, 0.25) is 10.0 Å². The second kappa shape index (κ2) is 11.2. The van der Waals surface area contributed by atoms with E-state index in [1.165, 1.54) is 4.90 Å². The number of nitrogens with zero attached hydrogens (tertiary/aromatic N) is 1. The van der Waals surface area contributed by atoms with Gasteiger partial charge >= 0.3 is 0 Å². The Labute approximate surface area is 188 Å². The predicted molar refractivity (Wildman–Crippen MR) is 121 cm³/mol. The molecule has 0 aliphatic heterocycles. The van der Waals surface area contributed by atoms with Gasteiger partial charge in [0.15, 0.2) is 6.61 Å². The van der Waals surface area contributed by atoms with Gasteiger partial charge in [-0.25, -0.2) is 0 Å². The molecule has 30 heavy (non-hydrogen) atoms. The Morgan fingerprint density at radius 3 is 2.27 bits per heavy atom. The van der Waals surface area contributed by atoms with Crippen LogP contribution in [0.4, 0.5) is 0 Å². The summed E-state index contributed by atoms with van der Waals surface area (Å²) in [6.07, 6.45) is 0. The van der Waals surface area contributed by atoms with Crippen LogP contribution < -0.4 is 10.1 Å². The van der Waals surface area contributed by atoms with Crippen molar-refractivity contribution < 1.29 is 14.3 Å². The van der Waals surface area contributed by atoms with Gasteiger partial charge in [0.1, 0.15) is 11.8 Å². The molecule has 2 aromatic rings. The van der Waals surface area contributed by atoms with Gasteiger partial charge in [-0.3, -0.25) is 9.59 Å². The maximum Gasteiger partial charge on any atom is 0.261 e. The van der Waals surface area contributed by atoms with Crippen LogP contribution in [0.1, 0.15) is 44.7 Å². The highest BCUT2D eigenvalue weighted by atomic mass is 35.5. The van der Waals surface area contributed by atoms with Crippen molar-refractivity contribution in [3.8, 4) is 5.75 Å². The zero-order chi connectivity index (χ0) is 22.3. The molecule has 1 atom stereocenters. The number of carbonyl (C=O) groups excluding carboxylic acids is 2. The van der Waals surface area contributed by atoms with Gasteiger partial charge in [0, 0.05) is 28.7 Å². The minimum absolute atomic E-state index is 0.102. The van der Waals surface area contributed by atoms with Crippen LogP contribution in [0.5, 0.6) is 5.75 Å². The average molecular weight is 451 g/mol. The first-order valence-electron chi connectivity index (χ1n) is 9.98. The van der Waals surface area contributed by atoms with Gasteiger partial charge in [-0.2, -0.15) is 0 Å². The summed E-state index contributed by atoms with van der Waals surface area (Å²) >= 11 is 12.6. The minimum Gasteiger partial charge on any atom is -0.483 e. The Morgan fingerprint density at radius 1 is 1.03 bits per heavy atom. The predicted octanol–water partition coefficient (Wildman–Crippen LogP) is 5.05. The number of carbonyl (C=O) groups is 2. The van der Waals surface area contributed by atoms with Crippen molar-refractivity contribution in [3.05, 3.63) is 63.6 Å². The van der Waals surface area contributed by atoms with Gasteiger partial charge < -0.3 is 15.0 Å². The molecule has 0 aromatic heterocycles. The molecule has 0 unspecified atom stereocenters. The zero-order valence-electron chi connectivity index (χ0n) is 17.7. The van der Waals surface area contributed by atoms with E-state index in [4.69, 9.17) is 27.9 Å². The molecule has 0 radical (unpaired) electrons. The van der Waals surface area contributed by atoms with Gasteiger partial charge in [0.25, 0.3) is 5.91 Å². The minimum atomic E-state index is -0.714. The molecule has 0 fully saturated rings. The van der Waals surface area contributed by atoms with Crippen LogP contribution in [-0.2, 0) is 16.1 Å². The van der Waals surface area contributed by atoms with E-state index in [-0.39, 0.29) is 30.9 Å². The van der Waals surface area contributed by atoms with Crippen LogP contribution in [-0.4, -0.2) is 35.9 Å². The molecule has 0 aliphatic carbocycles. The summed E-state index contributed by atoms with van der Waals surface area (Å²) in [4.78, 5) is 27.0. The molecule has 162 valence electrons. The third kappa shape index (κ3) is 6.13. The molecule has 0 heterocycles. The zero-order valence-corrected chi connectivity index (χ0v) is 19.3. The monoisotopic (exact) mass is 450 g/mol. The van der Waals surface area contributed by atoms with Crippen molar-refractivity contribution in [2.24, 2.45) is 0 Å². The maximum atomic E-state index is 13.1. The molecule has 5 nitrogen and oxygen atoms in total. The lowest BCUT2D eigenvalue weighted by Crippen LogP contribution is -2.49. The summed E-state index contributed by atoms with van der Waals surface area (Å²) in [5.74, 6) is 0.325. The summed E-state index contributed by atoms with van der Waals surface area (Å²) in [5.41, 5.74) is 1.61. The number of para-hydroxylation sites is 1. The smallest absolute Gasteiger partial charge is 0.261 e. The third-order valence-electron chi connectivity index (χ3n) is 4.80. The molecule has 0 aliphatic rings. The van der Waals surface area contributed by atoms with Crippen LogP contribution in [0.25, 0.3) is 0 Å². The summed E-state index contributed by atoms with van der Waals surface area (Å²) in [7, 11) is 0. The number of rotatable bonds is 9. The molecule has 2 aromatic carbocycles. The van der Waals surface area contributed by atoms with Crippen LogP contribution in [0.3, 0.4) is 0 Å². The van der Waals surface area contributed by atoms with Crippen molar-refractivity contribution in [1.82, 2.24) is 10.2 Å². The Hall–Kier alpha value is -2.24. The number of hydrogen-bond donors (Lipinski definition) is 1. The molecule has 0 spiro atoms. The standard InChI is InChI=1S/C23H28Cl2N2O3/c1-5-26-23(29)16(4)27(13-18-19(24)10-8-11-20(18)25)22(28)14-30-21-12-7-6-9-17(21)15(2)3/h6-12,15-16H,5,13-14H2,1-4H3,(H,26,29)/t16-/m0/s1. The van der Waals surface area contributed by atoms with E-state index in [0.717, 1.165) is 5.56 Å². The quantitative estimate of drug-likeness (QED) is 0.581. The Balaban J connectivity index is 2.25. The molecule has 0 saturated carbocycles. The highest BCUT2D eigenvalue weighted by Crippen LogP contribution is 2.28. The average Bonchev–Trinajstić information content (AvgIpc) is 2.71. The fraction of sp³-hybridized carbons (Fsp3) is 0.391. The molecule has 2 amide bonds. The molecular weight excluding hydrogens is 423 g/mol. The lowest BCUT2D eigenvalue weighted by atomic mass is 10.0. The van der Waals surface area contributed by atoms with Crippen LogP contribution >= 0.6 is 23.2 Å². The van der Waals surface area contributed by atoms with Gasteiger partial charge in [-0.15, -0.1) is 0 Å². The number of benzene rings is 2. The number of halogens is 2. The second-order valence-electron chi connectivity index (χ2n) is 7.27. The topological polar surface area (TPSA) is 58.6 Å².